The van der Waals surface area contributed by atoms with Crippen molar-refractivity contribution >= 4 is 34.6 Å². The Morgan fingerprint density at radius 3 is 1.48 bits per heavy atom. The van der Waals surface area contributed by atoms with Crippen LogP contribution in [0.3, 0.4) is 0 Å². The third kappa shape index (κ3) is 3.16. The van der Waals surface area contributed by atoms with E-state index < -0.39 is 29.4 Å². The maximum absolute atomic E-state index is 5.56. The van der Waals surface area contributed by atoms with E-state index in [2.05, 4.69) is 83.2 Å². The fourth-order valence-electron chi connectivity index (χ4n) is 5.53. The summed E-state index contributed by atoms with van der Waals surface area (Å²) in [6.07, 6.45) is 0. The van der Waals surface area contributed by atoms with Crippen LogP contribution < -0.4 is 9.92 Å². The van der Waals surface area contributed by atoms with E-state index in [1.165, 1.54) is 0 Å². The van der Waals surface area contributed by atoms with Crippen LogP contribution in [0.1, 0.15) is 0 Å². The monoisotopic (exact) mass is 354 g/mol. The molecule has 0 fully saturated rings. The molecule has 0 atom stereocenters. The first-order valence-electron chi connectivity index (χ1n) is 7.93. The second-order valence-electron chi connectivity index (χ2n) is 9.23. The number of benzene rings is 1. The number of rotatable bonds is 5. The molecule has 0 N–H and O–H groups in total. The lowest BCUT2D eigenvalue weighted by molar-refractivity contribution is 0.415. The van der Waals surface area contributed by atoms with Gasteiger partial charge in [0.1, 0.15) is 5.75 Å². The third-order valence-corrected chi connectivity index (χ3v) is 76.2. The molecule has 0 aliphatic heterocycles. The predicted octanol–water partition coefficient (Wildman–Crippen LogP) is 4.60. The number of ether oxygens (including phenoxy) is 1. The first-order chi connectivity index (χ1) is 9.29. The smallest absolute Gasteiger partial charge is 0.118 e. The zero-order valence-corrected chi connectivity index (χ0v) is 19.7. The zero-order valence-electron chi connectivity index (χ0n) is 15.7. The van der Waals surface area contributed by atoms with Crippen molar-refractivity contribution in [2.24, 2.45) is 0 Å². The van der Waals surface area contributed by atoms with Gasteiger partial charge >= 0.3 is 0 Å². The van der Waals surface area contributed by atoms with Gasteiger partial charge in [0.05, 0.1) is 13.7 Å². The van der Waals surface area contributed by atoms with Crippen molar-refractivity contribution in [2.45, 2.75) is 58.9 Å². The fourth-order valence-corrected chi connectivity index (χ4v) is 106. The Labute approximate surface area is 135 Å². The molecule has 0 unspecified atom stereocenters. The third-order valence-electron chi connectivity index (χ3n) is 4.88. The molecule has 1 aromatic carbocycles. The lowest BCUT2D eigenvalue weighted by Crippen LogP contribution is -2.88. The maximum Gasteiger partial charge on any atom is 0.118 e. The van der Waals surface area contributed by atoms with Crippen LogP contribution in [0, 0.1) is 0 Å². The van der Waals surface area contributed by atoms with Crippen LogP contribution in [-0.4, -0.2) is 36.5 Å². The molecule has 5 heteroatoms. The molecule has 0 aliphatic carbocycles. The Morgan fingerprint density at radius 2 is 1.14 bits per heavy atom. The van der Waals surface area contributed by atoms with E-state index in [-0.39, 0.29) is 0 Å². The summed E-state index contributed by atoms with van der Waals surface area (Å²) in [4.78, 5) is 0. The molecule has 21 heavy (non-hydrogen) atoms. The van der Waals surface area contributed by atoms with Gasteiger partial charge in [-0.05, 0) is 12.1 Å². The summed E-state index contributed by atoms with van der Waals surface area (Å²) in [5, 5.41) is 1.69. The summed E-state index contributed by atoms with van der Waals surface area (Å²) in [5.41, 5.74) is 0. The van der Waals surface area contributed by atoms with Gasteiger partial charge in [0.2, 0.25) is 0 Å². The standard InChI is InChI=1S/C16H34OSi4/c1-17-15-12-11-13-16(14-15)21(18(2,3)4,19(5,6)7)20(8,9)10/h11-14H,1-10H3. The molecule has 1 aromatic rings. The largest absolute Gasteiger partial charge is 0.497 e. The average molecular weight is 355 g/mol. The van der Waals surface area contributed by atoms with E-state index in [4.69, 9.17) is 4.74 Å². The molecule has 1 rings (SSSR count). The topological polar surface area (TPSA) is 9.23 Å². The van der Waals surface area contributed by atoms with Gasteiger partial charge in [0.15, 0.2) is 0 Å². The molecule has 120 valence electrons. The molecule has 0 amide bonds. The highest BCUT2D eigenvalue weighted by atomic mass is 29.9. The van der Waals surface area contributed by atoms with Gasteiger partial charge in [-0.2, -0.15) is 0 Å². The van der Waals surface area contributed by atoms with E-state index in [1.807, 2.05) is 0 Å². The molecule has 0 aromatic heterocycles. The molecule has 1 nitrogen and oxygen atoms in total. The van der Waals surface area contributed by atoms with Crippen molar-refractivity contribution in [3.63, 3.8) is 0 Å². The van der Waals surface area contributed by atoms with Crippen LogP contribution >= 0.6 is 0 Å². The molecule has 0 saturated heterocycles. The molecule has 0 aliphatic rings. The normalized spacial score (nSPS) is 14.2. The second-order valence-corrected chi connectivity index (χ2v) is 49.6. The predicted molar refractivity (Wildman–Crippen MR) is 108 cm³/mol. The van der Waals surface area contributed by atoms with Crippen LogP contribution in [0.15, 0.2) is 24.3 Å². The summed E-state index contributed by atoms with van der Waals surface area (Å²) in [5.74, 6) is 1.04. The number of methoxy groups -OCH3 is 1. The van der Waals surface area contributed by atoms with Crippen LogP contribution in [0.4, 0.5) is 0 Å². The minimum absolute atomic E-state index is 1.04. The molecule has 0 bridgehead atoms. The van der Waals surface area contributed by atoms with Crippen LogP contribution in [-0.2, 0) is 0 Å². The van der Waals surface area contributed by atoms with Crippen molar-refractivity contribution in [1.29, 1.82) is 0 Å². The summed E-state index contributed by atoms with van der Waals surface area (Å²) < 4.78 is 5.56. The highest BCUT2D eigenvalue weighted by Gasteiger charge is 2.62. The van der Waals surface area contributed by atoms with Gasteiger partial charge < -0.3 is 4.74 Å². The number of hydrogen-bond donors (Lipinski definition) is 0. The Bertz CT molecular complexity index is 456. The quantitative estimate of drug-likeness (QED) is 0.702. The first kappa shape index (κ1) is 18.9. The molecular weight excluding hydrogens is 321 g/mol. The fraction of sp³-hybridized carbons (Fsp3) is 0.625. The van der Waals surface area contributed by atoms with Crippen molar-refractivity contribution in [3.8, 4) is 5.75 Å². The summed E-state index contributed by atoms with van der Waals surface area (Å²) >= 11 is 0. The van der Waals surface area contributed by atoms with Gasteiger partial charge in [-0.1, -0.05) is 76.2 Å². The van der Waals surface area contributed by atoms with E-state index in [9.17, 15) is 0 Å². The van der Waals surface area contributed by atoms with Crippen molar-refractivity contribution in [3.05, 3.63) is 24.3 Å². The van der Waals surface area contributed by atoms with Gasteiger partial charge in [-0.15, -0.1) is 0 Å². The Kier molecular flexibility index (Phi) is 5.26. The Hall–Kier alpha value is -0.112. The average Bonchev–Trinajstić information content (AvgIpc) is 2.23. The second kappa shape index (κ2) is 5.83. The van der Waals surface area contributed by atoms with Crippen LogP contribution in [0.25, 0.3) is 0 Å². The summed E-state index contributed by atoms with van der Waals surface area (Å²) in [6, 6.07) is 9.14. The van der Waals surface area contributed by atoms with Crippen molar-refractivity contribution in [1.82, 2.24) is 0 Å². The van der Waals surface area contributed by atoms with Gasteiger partial charge in [-0.25, -0.2) is 0 Å². The number of hydrogen-bond acceptors (Lipinski definition) is 1. The van der Waals surface area contributed by atoms with Crippen LogP contribution in [0.2, 0.25) is 58.9 Å². The molecule has 0 radical (unpaired) electrons. The lowest BCUT2D eigenvalue weighted by Gasteiger charge is -2.57. The Morgan fingerprint density at radius 1 is 0.714 bits per heavy atom. The lowest BCUT2D eigenvalue weighted by atomic mass is 10.3. The molecule has 0 saturated carbocycles. The molecule has 0 heterocycles. The SMILES string of the molecule is COc1cccc([Si]([Si](C)(C)C)([Si](C)(C)C)[Si](C)(C)C)c1. The Balaban J connectivity index is 3.81. The maximum atomic E-state index is 5.56. The zero-order chi connectivity index (χ0) is 16.7. The van der Waals surface area contributed by atoms with E-state index in [1.54, 1.807) is 12.3 Å². The van der Waals surface area contributed by atoms with E-state index >= 15 is 0 Å². The highest BCUT2D eigenvalue weighted by molar-refractivity contribution is 7.92. The van der Waals surface area contributed by atoms with Gasteiger partial charge in [0.25, 0.3) is 0 Å². The van der Waals surface area contributed by atoms with Gasteiger partial charge in [-0.3, -0.25) is 0 Å². The van der Waals surface area contributed by atoms with Crippen molar-refractivity contribution in [2.75, 3.05) is 7.11 Å². The van der Waals surface area contributed by atoms with Gasteiger partial charge in [0, 0.05) is 22.8 Å². The highest BCUT2D eigenvalue weighted by Crippen LogP contribution is 2.37. The van der Waals surface area contributed by atoms with E-state index in [0.29, 0.717) is 0 Å². The molecular formula is C16H34OSi4. The summed E-state index contributed by atoms with van der Waals surface area (Å²) in [6.45, 7) is 22.2. The van der Waals surface area contributed by atoms with Crippen molar-refractivity contribution < 1.29 is 4.74 Å². The van der Waals surface area contributed by atoms with E-state index in [0.717, 1.165) is 5.75 Å². The minimum atomic E-state index is -1.49. The molecule has 0 spiro atoms. The first-order valence-corrected chi connectivity index (χ1v) is 23.4. The summed E-state index contributed by atoms with van der Waals surface area (Å²) in [7, 11) is -2.04. The minimum Gasteiger partial charge on any atom is -0.497 e. The van der Waals surface area contributed by atoms with Crippen LogP contribution in [0.5, 0.6) is 5.75 Å².